The number of nitro groups is 1. The van der Waals surface area contributed by atoms with Gasteiger partial charge < -0.3 is 9.84 Å². The van der Waals surface area contributed by atoms with Crippen molar-refractivity contribution < 1.29 is 14.2 Å². The van der Waals surface area contributed by atoms with E-state index in [0.717, 1.165) is 6.20 Å². The molecule has 0 saturated heterocycles. The van der Waals surface area contributed by atoms with E-state index in [-0.39, 0.29) is 17.7 Å². The number of anilines is 1. The molecule has 0 spiro atoms. The Morgan fingerprint density at radius 3 is 3.06 bits per heavy atom. The van der Waals surface area contributed by atoms with Crippen LogP contribution in [-0.4, -0.2) is 27.9 Å². The van der Waals surface area contributed by atoms with Gasteiger partial charge in [-0.2, -0.15) is 0 Å². The highest BCUT2D eigenvalue weighted by Crippen LogP contribution is 2.28. The van der Waals surface area contributed by atoms with Crippen molar-refractivity contribution >= 4 is 28.8 Å². The Hall–Kier alpha value is -2.51. The Kier molecular flexibility index (Phi) is 2.95. The Morgan fingerprint density at radius 1 is 1.53 bits per heavy atom. The lowest BCUT2D eigenvalue weighted by atomic mass is 10.3. The zero-order valence-corrected chi connectivity index (χ0v) is 8.54. The molecule has 2 heterocycles. The Morgan fingerprint density at radius 2 is 2.35 bits per heavy atom. The van der Waals surface area contributed by atoms with Gasteiger partial charge in [-0.25, -0.2) is 0 Å². The van der Waals surface area contributed by atoms with E-state index in [9.17, 15) is 14.9 Å². The highest BCUT2D eigenvalue weighted by Gasteiger charge is 2.19. The molecule has 0 atom stereocenters. The second kappa shape index (κ2) is 4.56. The minimum absolute atomic E-state index is 0.0579. The summed E-state index contributed by atoms with van der Waals surface area (Å²) >= 11 is 0. The van der Waals surface area contributed by atoms with Gasteiger partial charge in [0.2, 0.25) is 5.58 Å². The van der Waals surface area contributed by atoms with Crippen molar-refractivity contribution in [2.45, 2.75) is 6.42 Å². The van der Waals surface area contributed by atoms with Gasteiger partial charge in [0.15, 0.2) is 12.1 Å². The summed E-state index contributed by atoms with van der Waals surface area (Å²) < 4.78 is 4.88. The van der Waals surface area contributed by atoms with Crippen molar-refractivity contribution in [2.24, 2.45) is 0 Å². The van der Waals surface area contributed by atoms with Crippen LogP contribution >= 0.6 is 0 Å². The highest BCUT2D eigenvalue weighted by atomic mass is 16.6. The summed E-state index contributed by atoms with van der Waals surface area (Å²) in [6, 6.07) is 0. The van der Waals surface area contributed by atoms with Crippen LogP contribution in [0, 0.1) is 10.1 Å². The molecular formula is C9H7N4O4. The van der Waals surface area contributed by atoms with Crippen LogP contribution in [0.4, 0.5) is 11.5 Å². The summed E-state index contributed by atoms with van der Waals surface area (Å²) in [5.41, 5.74) is -0.187. The average molecular weight is 235 g/mol. The first kappa shape index (κ1) is 11.0. The maximum absolute atomic E-state index is 10.7. The largest absolute Gasteiger partial charge is 0.366 e. The predicted molar refractivity (Wildman–Crippen MR) is 57.3 cm³/mol. The number of rotatable bonds is 5. The van der Waals surface area contributed by atoms with E-state index in [1.165, 1.54) is 6.20 Å². The topological polar surface area (TPSA) is 111 Å². The number of hydrogen-bond acceptors (Lipinski definition) is 7. The minimum Gasteiger partial charge on any atom is -0.366 e. The van der Waals surface area contributed by atoms with Crippen molar-refractivity contribution in [1.29, 1.82) is 0 Å². The second-order valence-corrected chi connectivity index (χ2v) is 3.14. The molecule has 0 saturated carbocycles. The maximum Gasteiger partial charge on any atom is 0.333 e. The number of aromatic nitrogens is 2. The fourth-order valence-corrected chi connectivity index (χ4v) is 1.33. The molecule has 1 N–H and O–H groups in total. The molecule has 0 aliphatic rings. The van der Waals surface area contributed by atoms with Gasteiger partial charge in [-0.15, -0.1) is 0 Å². The van der Waals surface area contributed by atoms with Crippen LogP contribution < -0.4 is 5.32 Å². The first-order chi connectivity index (χ1) is 8.24. The Bertz CT molecular complexity index is 565. The third-order valence-corrected chi connectivity index (χ3v) is 2.08. The van der Waals surface area contributed by atoms with Crippen LogP contribution in [0.5, 0.6) is 0 Å². The predicted octanol–water partition coefficient (Wildman–Crippen LogP) is 1.04. The van der Waals surface area contributed by atoms with Gasteiger partial charge in [0.05, 0.1) is 10.3 Å². The molecule has 0 amide bonds. The van der Waals surface area contributed by atoms with Crippen molar-refractivity contribution in [1.82, 2.24) is 10.1 Å². The van der Waals surface area contributed by atoms with E-state index in [2.05, 4.69) is 15.5 Å². The number of pyridine rings is 1. The van der Waals surface area contributed by atoms with Gasteiger partial charge in [-0.1, -0.05) is 5.16 Å². The third kappa shape index (κ3) is 2.05. The number of hydrogen-bond donors (Lipinski definition) is 1. The van der Waals surface area contributed by atoms with Crippen LogP contribution in [0.2, 0.25) is 0 Å². The summed E-state index contributed by atoms with van der Waals surface area (Å²) in [5.74, 6) is 0.325. The molecule has 0 aromatic carbocycles. The van der Waals surface area contributed by atoms with Gasteiger partial charge in [0.25, 0.3) is 0 Å². The van der Waals surface area contributed by atoms with Crippen LogP contribution in [-0.2, 0) is 4.79 Å². The molecule has 0 aliphatic carbocycles. The van der Waals surface area contributed by atoms with E-state index in [1.807, 2.05) is 0 Å². The maximum atomic E-state index is 10.7. The van der Waals surface area contributed by atoms with E-state index in [1.54, 1.807) is 6.29 Å². The molecule has 2 rings (SSSR count). The minimum atomic E-state index is -0.594. The normalized spacial score (nSPS) is 10.4. The van der Waals surface area contributed by atoms with E-state index < -0.39 is 4.92 Å². The van der Waals surface area contributed by atoms with Crippen LogP contribution in [0.25, 0.3) is 11.0 Å². The quantitative estimate of drug-likeness (QED) is 0.468. The first-order valence-corrected chi connectivity index (χ1v) is 4.70. The van der Waals surface area contributed by atoms with Crippen LogP contribution in [0.15, 0.2) is 16.9 Å². The molecule has 17 heavy (non-hydrogen) atoms. The average Bonchev–Trinajstić information content (AvgIpc) is 2.72. The standard InChI is InChI=1S/C9H7N4O4/c14-3-1-2-11-9-6-4-10-5-7(13(15)16)8(6)17-12-9/h4-5H,1-2H2,(H,11,12). The van der Waals surface area contributed by atoms with Crippen molar-refractivity contribution in [3.63, 3.8) is 0 Å². The second-order valence-electron chi connectivity index (χ2n) is 3.14. The lowest BCUT2D eigenvalue weighted by molar-refractivity contribution is -0.384. The summed E-state index contributed by atoms with van der Waals surface area (Å²) in [6.45, 7) is 0.327. The summed E-state index contributed by atoms with van der Waals surface area (Å²) in [6.07, 6.45) is 4.41. The van der Waals surface area contributed by atoms with Crippen molar-refractivity contribution in [3.05, 3.63) is 22.5 Å². The van der Waals surface area contributed by atoms with Crippen LogP contribution in [0.1, 0.15) is 6.42 Å². The lowest BCUT2D eigenvalue weighted by Gasteiger charge is -1.97. The molecular weight excluding hydrogens is 228 g/mol. The third-order valence-electron chi connectivity index (χ3n) is 2.08. The van der Waals surface area contributed by atoms with E-state index in [0.29, 0.717) is 17.7 Å². The molecule has 87 valence electrons. The van der Waals surface area contributed by atoms with Gasteiger partial charge in [0.1, 0.15) is 6.20 Å². The molecule has 0 bridgehead atoms. The summed E-state index contributed by atoms with van der Waals surface area (Å²) in [4.78, 5) is 23.9. The molecule has 0 unspecified atom stereocenters. The number of fused-ring (bicyclic) bond motifs is 1. The van der Waals surface area contributed by atoms with E-state index in [4.69, 9.17) is 4.52 Å². The van der Waals surface area contributed by atoms with Crippen LogP contribution in [0.3, 0.4) is 0 Å². The van der Waals surface area contributed by atoms with Gasteiger partial charge in [-0.05, 0) is 0 Å². The molecule has 2 aromatic rings. The summed E-state index contributed by atoms with van der Waals surface area (Å²) in [5, 5.41) is 17.6. The summed E-state index contributed by atoms with van der Waals surface area (Å²) in [7, 11) is 0. The highest BCUT2D eigenvalue weighted by molar-refractivity contribution is 5.92. The van der Waals surface area contributed by atoms with Gasteiger partial charge in [-0.3, -0.25) is 19.9 Å². The Labute approximate surface area is 94.8 Å². The van der Waals surface area contributed by atoms with Gasteiger partial charge >= 0.3 is 5.69 Å². The smallest absolute Gasteiger partial charge is 0.333 e. The molecule has 0 fully saturated rings. The first-order valence-electron chi connectivity index (χ1n) is 4.70. The zero-order chi connectivity index (χ0) is 12.3. The zero-order valence-electron chi connectivity index (χ0n) is 8.54. The van der Waals surface area contributed by atoms with E-state index >= 15 is 0 Å². The Balaban J connectivity index is 2.37. The molecule has 8 heteroatoms. The fourth-order valence-electron chi connectivity index (χ4n) is 1.33. The fraction of sp³-hybridized carbons (Fsp3) is 0.222. The SMILES string of the molecule is O=[C]CCNc1noc2c([N+](=O)[O-])cncc12. The molecule has 0 aliphatic heterocycles. The number of nitrogens with one attached hydrogen (secondary N) is 1. The number of nitrogens with zero attached hydrogens (tertiary/aromatic N) is 3. The van der Waals surface area contributed by atoms with Crippen molar-refractivity contribution in [2.75, 3.05) is 11.9 Å². The van der Waals surface area contributed by atoms with Crippen molar-refractivity contribution in [3.8, 4) is 0 Å². The van der Waals surface area contributed by atoms with Gasteiger partial charge in [0, 0.05) is 19.2 Å². The molecule has 1 radical (unpaired) electrons. The molecule has 2 aromatic heterocycles. The monoisotopic (exact) mass is 235 g/mol. The molecule has 8 nitrogen and oxygen atoms in total. The number of carbonyl (C=O) groups excluding carboxylic acids is 1. The lowest BCUT2D eigenvalue weighted by Crippen LogP contribution is -2.02.